The molecular formula is C58H108N2O11. The van der Waals surface area contributed by atoms with Gasteiger partial charge in [0.05, 0.1) is 12.5 Å². The van der Waals surface area contributed by atoms with Gasteiger partial charge in [-0.15, -0.1) is 0 Å². The maximum absolute atomic E-state index is 14.1. The fourth-order valence-corrected chi connectivity index (χ4v) is 8.82. The summed E-state index contributed by atoms with van der Waals surface area (Å²) >= 11 is 0. The van der Waals surface area contributed by atoms with E-state index >= 15 is 0 Å². The highest BCUT2D eigenvalue weighted by Gasteiger charge is 2.28. The van der Waals surface area contributed by atoms with Crippen LogP contribution in [0.4, 0.5) is 0 Å². The van der Waals surface area contributed by atoms with Crippen LogP contribution in [0.1, 0.15) is 273 Å². The van der Waals surface area contributed by atoms with Crippen molar-refractivity contribution >= 4 is 35.8 Å². The number of amides is 1. The summed E-state index contributed by atoms with van der Waals surface area (Å²) in [5.41, 5.74) is 0. The van der Waals surface area contributed by atoms with Crippen molar-refractivity contribution in [2.75, 3.05) is 40.4 Å². The molecule has 0 aromatic carbocycles. The van der Waals surface area contributed by atoms with E-state index < -0.39 is 23.9 Å². The highest BCUT2D eigenvalue weighted by atomic mass is 16.6. The zero-order chi connectivity index (χ0) is 52.7. The Hall–Kier alpha value is -3.22. The first kappa shape index (κ1) is 67.8. The molecule has 13 heteroatoms. The number of unbranched alkanes of at least 4 members (excludes halogenated alkanes) is 15. The Kier molecular flexibility index (Phi) is 45.6. The Bertz CT molecular complexity index is 1280. The number of nitrogens with zero attached hydrogens (tertiary/aromatic N) is 2. The van der Waals surface area contributed by atoms with Gasteiger partial charge in [-0.1, -0.05) is 138 Å². The van der Waals surface area contributed by atoms with E-state index in [0.717, 1.165) is 141 Å². The molecule has 0 aromatic rings. The van der Waals surface area contributed by atoms with Gasteiger partial charge in [0.15, 0.2) is 0 Å². The molecule has 0 rings (SSSR count). The van der Waals surface area contributed by atoms with Crippen molar-refractivity contribution in [1.82, 2.24) is 9.80 Å². The van der Waals surface area contributed by atoms with Crippen molar-refractivity contribution in [3.8, 4) is 0 Å². The molecule has 1 amide bonds. The van der Waals surface area contributed by atoms with Crippen LogP contribution in [0.2, 0.25) is 0 Å². The second kappa shape index (κ2) is 47.8. The van der Waals surface area contributed by atoms with E-state index in [-0.39, 0.29) is 75.1 Å². The van der Waals surface area contributed by atoms with Gasteiger partial charge >= 0.3 is 29.8 Å². The molecule has 0 saturated carbocycles. The van der Waals surface area contributed by atoms with E-state index in [0.29, 0.717) is 51.5 Å². The predicted octanol–water partition coefficient (Wildman–Crippen LogP) is 13.7. The van der Waals surface area contributed by atoms with Gasteiger partial charge in [-0.25, -0.2) is 0 Å². The molecule has 3 atom stereocenters. The van der Waals surface area contributed by atoms with Gasteiger partial charge in [-0.2, -0.15) is 0 Å². The van der Waals surface area contributed by atoms with Crippen molar-refractivity contribution < 1.29 is 52.5 Å². The Balaban J connectivity index is 5.56. The lowest BCUT2D eigenvalue weighted by atomic mass is 10.1. The molecule has 0 N–H and O–H groups in total. The normalized spacial score (nSPS) is 13.0. The van der Waals surface area contributed by atoms with Crippen LogP contribution in [-0.2, 0) is 52.5 Å². The van der Waals surface area contributed by atoms with Gasteiger partial charge in [0.1, 0.15) is 31.5 Å². The number of rotatable bonds is 50. The molecule has 0 fully saturated rings. The minimum absolute atomic E-state index is 0.0103. The summed E-state index contributed by atoms with van der Waals surface area (Å²) in [4.78, 5) is 82.3. The summed E-state index contributed by atoms with van der Waals surface area (Å²) in [6, 6.07) is -0.740. The van der Waals surface area contributed by atoms with Crippen molar-refractivity contribution in [2.45, 2.75) is 297 Å². The molecule has 71 heavy (non-hydrogen) atoms. The van der Waals surface area contributed by atoms with Gasteiger partial charge in [-0.05, 0) is 117 Å². The highest BCUT2D eigenvalue weighted by Crippen LogP contribution is 2.19. The second-order valence-corrected chi connectivity index (χ2v) is 20.3. The third kappa shape index (κ3) is 40.9. The average Bonchev–Trinajstić information content (AvgIpc) is 3.33. The molecule has 0 bridgehead atoms. The van der Waals surface area contributed by atoms with Crippen LogP contribution >= 0.6 is 0 Å². The van der Waals surface area contributed by atoms with Crippen LogP contribution in [0.5, 0.6) is 0 Å². The average molecular weight is 1010 g/mol. The van der Waals surface area contributed by atoms with Gasteiger partial charge in [0.2, 0.25) is 5.91 Å². The fraction of sp³-hybridized carbons (Fsp3) is 0.897. The van der Waals surface area contributed by atoms with Gasteiger partial charge < -0.3 is 33.5 Å². The molecule has 0 aliphatic carbocycles. The number of ether oxygens (including phenoxy) is 5. The molecule has 0 radical (unpaired) electrons. The molecule has 0 spiro atoms. The Morgan fingerprint density at radius 3 is 1.06 bits per heavy atom. The third-order valence-corrected chi connectivity index (χ3v) is 13.1. The summed E-state index contributed by atoms with van der Waals surface area (Å²) < 4.78 is 29.1. The topological polar surface area (TPSA) is 155 Å². The molecule has 13 nitrogen and oxygen atoms in total. The van der Waals surface area contributed by atoms with Crippen molar-refractivity contribution in [1.29, 1.82) is 0 Å². The van der Waals surface area contributed by atoms with Crippen LogP contribution in [0.15, 0.2) is 0 Å². The lowest BCUT2D eigenvalue weighted by Crippen LogP contribution is -2.47. The van der Waals surface area contributed by atoms with Crippen LogP contribution in [0, 0.1) is 0 Å². The first-order valence-corrected chi connectivity index (χ1v) is 29.2. The maximum atomic E-state index is 14.1. The van der Waals surface area contributed by atoms with Crippen LogP contribution < -0.4 is 0 Å². The first-order chi connectivity index (χ1) is 34.3. The van der Waals surface area contributed by atoms with Gasteiger partial charge in [-0.3, -0.25) is 28.8 Å². The van der Waals surface area contributed by atoms with E-state index in [1.807, 2.05) is 14.1 Å². The number of esters is 5. The predicted molar refractivity (Wildman–Crippen MR) is 286 cm³/mol. The molecule has 0 heterocycles. The van der Waals surface area contributed by atoms with Crippen LogP contribution in [-0.4, -0.2) is 110 Å². The molecule has 0 saturated heterocycles. The maximum Gasteiger partial charge on any atom is 0.306 e. The lowest BCUT2D eigenvalue weighted by molar-refractivity contribution is -0.156. The Morgan fingerprint density at radius 2 is 0.676 bits per heavy atom. The third-order valence-electron chi connectivity index (χ3n) is 13.1. The summed E-state index contributed by atoms with van der Waals surface area (Å²) in [7, 11) is 3.98. The first-order valence-electron chi connectivity index (χ1n) is 29.2. The van der Waals surface area contributed by atoms with E-state index in [1.54, 1.807) is 4.90 Å². The minimum atomic E-state index is -0.740. The molecule has 0 aliphatic heterocycles. The quantitative estimate of drug-likeness (QED) is 0.0323. The highest BCUT2D eigenvalue weighted by molar-refractivity contribution is 5.82. The molecule has 3 unspecified atom stereocenters. The lowest BCUT2D eigenvalue weighted by Gasteiger charge is -2.31. The van der Waals surface area contributed by atoms with Crippen molar-refractivity contribution in [2.24, 2.45) is 0 Å². The molecular weight excluding hydrogens is 901 g/mol. The van der Waals surface area contributed by atoms with Crippen LogP contribution in [0.3, 0.4) is 0 Å². The van der Waals surface area contributed by atoms with Crippen molar-refractivity contribution in [3.63, 3.8) is 0 Å². The monoisotopic (exact) mass is 1010 g/mol. The number of carbonyl (C=O) groups excluding carboxylic acids is 6. The summed E-state index contributed by atoms with van der Waals surface area (Å²) in [5.74, 6) is -1.80. The minimum Gasteiger partial charge on any atom is -0.463 e. The van der Waals surface area contributed by atoms with E-state index in [2.05, 4.69) is 46.4 Å². The summed E-state index contributed by atoms with van der Waals surface area (Å²) in [6.45, 7) is 13.7. The molecule has 0 aliphatic rings. The summed E-state index contributed by atoms with van der Waals surface area (Å²) in [5, 5.41) is 0. The fourth-order valence-electron chi connectivity index (χ4n) is 8.82. The van der Waals surface area contributed by atoms with E-state index in [1.165, 1.54) is 25.7 Å². The van der Waals surface area contributed by atoms with E-state index in [4.69, 9.17) is 23.7 Å². The van der Waals surface area contributed by atoms with Gasteiger partial charge in [0, 0.05) is 38.6 Å². The standard InChI is InChI=1S/C58H108N2O11/c1-9-15-18-25-37-51(34-13-5)69-56(64)41-29-22-20-27-39-54(62)67-47-49(48-68-55(63)40-28-21-23-30-42-57(65)70-52(35-14-6)38-26-19-16-10-2)60(46-32-31-45-59(7)8)53(61)43-44-58(66)71-50(33-12-4)36-24-17-11-3/h49-52H,9-48H2,1-8H3. The zero-order valence-electron chi connectivity index (χ0n) is 47.0. The van der Waals surface area contributed by atoms with Crippen LogP contribution in [0.25, 0.3) is 0 Å². The largest absolute Gasteiger partial charge is 0.463 e. The number of carbonyl (C=O) groups is 6. The van der Waals surface area contributed by atoms with Crippen molar-refractivity contribution in [3.05, 3.63) is 0 Å². The Labute approximate surface area is 434 Å². The molecule has 0 aromatic heterocycles. The SMILES string of the molecule is CCCCCCC(CCC)OC(=O)CCCCCCC(=O)OCC(COC(=O)CCCCCCC(=O)OC(CCC)CCCCCC)N(CCCCN(C)C)C(=O)CCC(=O)OC(CCC)CCCCC. The smallest absolute Gasteiger partial charge is 0.306 e. The van der Waals surface area contributed by atoms with Gasteiger partial charge in [0.25, 0.3) is 0 Å². The summed E-state index contributed by atoms with van der Waals surface area (Å²) in [6.07, 6.45) is 28.3. The number of hydrogen-bond acceptors (Lipinski definition) is 12. The zero-order valence-corrected chi connectivity index (χ0v) is 47.0. The Morgan fingerprint density at radius 1 is 0.338 bits per heavy atom. The van der Waals surface area contributed by atoms with E-state index in [9.17, 15) is 28.8 Å². The number of hydrogen-bond donors (Lipinski definition) is 0. The second-order valence-electron chi connectivity index (χ2n) is 20.3. The molecule has 416 valence electrons.